The summed E-state index contributed by atoms with van der Waals surface area (Å²) in [4.78, 5) is 12.1. The van der Waals surface area contributed by atoms with Gasteiger partial charge in [-0.15, -0.1) is 0 Å². The van der Waals surface area contributed by atoms with Gasteiger partial charge in [0.2, 0.25) is 0 Å². The van der Waals surface area contributed by atoms with Crippen LogP contribution in [0, 0.1) is 0 Å². The fraction of sp³-hybridized carbons (Fsp3) is 0.545. The lowest BCUT2D eigenvalue weighted by molar-refractivity contribution is 0.0902. The number of nitrogens with one attached hydrogen (secondary N) is 1. The zero-order valence-electron chi connectivity index (χ0n) is 8.71. The van der Waals surface area contributed by atoms with E-state index in [1.807, 2.05) is 0 Å². The molecule has 0 spiro atoms. The Labute approximate surface area is 108 Å². The monoisotopic (exact) mass is 305 g/mol. The van der Waals surface area contributed by atoms with Gasteiger partial charge in [-0.05, 0) is 36.6 Å². The molecule has 2 atom stereocenters. The molecule has 3 nitrogen and oxygen atoms in total. The first kappa shape index (κ1) is 12.0. The molecule has 1 amide bonds. The molecular weight excluding hydrogens is 293 g/mol. The fourth-order valence-electron chi connectivity index (χ4n) is 1.92. The van der Waals surface area contributed by atoms with Gasteiger partial charge >= 0.3 is 0 Å². The fourth-order valence-corrected chi connectivity index (χ4v) is 2.79. The molecule has 5 heteroatoms. The Morgan fingerprint density at radius 1 is 1.44 bits per heavy atom. The second-order valence-electron chi connectivity index (χ2n) is 3.98. The van der Waals surface area contributed by atoms with Crippen molar-refractivity contribution in [3.63, 3.8) is 0 Å². The minimum absolute atomic E-state index is 0.185. The molecule has 0 aliphatic heterocycles. The summed E-state index contributed by atoms with van der Waals surface area (Å²) in [5.41, 5.74) is 0. The maximum absolute atomic E-state index is 11.8. The highest BCUT2D eigenvalue weighted by Gasteiger charge is 2.25. The van der Waals surface area contributed by atoms with E-state index >= 15 is 0 Å². The van der Waals surface area contributed by atoms with Crippen molar-refractivity contribution in [3.05, 3.63) is 23.1 Å². The second-order valence-corrected chi connectivity index (χ2v) is 5.53. The van der Waals surface area contributed by atoms with Crippen molar-refractivity contribution in [2.45, 2.75) is 36.6 Å². The van der Waals surface area contributed by atoms with E-state index in [1.165, 1.54) is 6.42 Å². The van der Waals surface area contributed by atoms with E-state index in [-0.39, 0.29) is 22.9 Å². The maximum atomic E-state index is 11.8. The molecule has 16 heavy (non-hydrogen) atoms. The van der Waals surface area contributed by atoms with E-state index in [0.717, 1.165) is 19.3 Å². The molecule has 1 aliphatic rings. The van der Waals surface area contributed by atoms with Gasteiger partial charge in [0.25, 0.3) is 5.91 Å². The quantitative estimate of drug-likeness (QED) is 0.851. The number of carbonyl (C=O) groups is 1. The smallest absolute Gasteiger partial charge is 0.287 e. The summed E-state index contributed by atoms with van der Waals surface area (Å²) in [6.45, 7) is 0. The van der Waals surface area contributed by atoms with E-state index in [0.29, 0.717) is 4.83 Å². The van der Waals surface area contributed by atoms with E-state index in [4.69, 9.17) is 16.0 Å². The third-order valence-corrected chi connectivity index (χ3v) is 4.09. The summed E-state index contributed by atoms with van der Waals surface area (Å²) in [6, 6.07) is 3.34. The van der Waals surface area contributed by atoms with Crippen molar-refractivity contribution in [1.29, 1.82) is 0 Å². The Kier molecular flexibility index (Phi) is 3.92. The summed E-state index contributed by atoms with van der Waals surface area (Å²) >= 11 is 9.21. The average molecular weight is 307 g/mol. The van der Waals surface area contributed by atoms with Crippen LogP contribution in [-0.4, -0.2) is 16.8 Å². The lowest BCUT2D eigenvalue weighted by atomic mass is 9.95. The van der Waals surface area contributed by atoms with Gasteiger partial charge in [0.1, 0.15) is 0 Å². The summed E-state index contributed by atoms with van der Waals surface area (Å²) in [7, 11) is 0. The Hall–Kier alpha value is -0.480. The van der Waals surface area contributed by atoms with Gasteiger partial charge in [-0.2, -0.15) is 0 Å². The molecular formula is C11H13BrClNO2. The summed E-state index contributed by atoms with van der Waals surface area (Å²) < 4.78 is 5.06. The molecule has 1 aliphatic carbocycles. The molecule has 0 aromatic carbocycles. The molecule has 1 N–H and O–H groups in total. The maximum Gasteiger partial charge on any atom is 0.287 e. The summed E-state index contributed by atoms with van der Waals surface area (Å²) in [5, 5.41) is 3.20. The molecule has 2 unspecified atom stereocenters. The standard InChI is InChI=1S/C11H13BrClNO2/c12-7-3-1-2-4-8(7)14-11(15)9-5-6-10(13)16-9/h5-8H,1-4H2,(H,14,15). The molecule has 2 rings (SSSR count). The number of hydrogen-bond donors (Lipinski definition) is 1. The number of halogens is 2. The first-order chi connectivity index (χ1) is 7.66. The van der Waals surface area contributed by atoms with Crippen LogP contribution in [0.5, 0.6) is 0 Å². The average Bonchev–Trinajstić information content (AvgIpc) is 2.68. The van der Waals surface area contributed by atoms with Crippen LogP contribution in [0.15, 0.2) is 16.5 Å². The Morgan fingerprint density at radius 3 is 2.81 bits per heavy atom. The van der Waals surface area contributed by atoms with Gasteiger partial charge in [-0.1, -0.05) is 28.8 Å². The van der Waals surface area contributed by atoms with Gasteiger partial charge < -0.3 is 9.73 Å². The van der Waals surface area contributed by atoms with Crippen LogP contribution < -0.4 is 5.32 Å². The highest BCUT2D eigenvalue weighted by atomic mass is 79.9. The first-order valence-electron chi connectivity index (χ1n) is 5.37. The molecule has 1 fully saturated rings. The van der Waals surface area contributed by atoms with Crippen molar-refractivity contribution in [1.82, 2.24) is 5.32 Å². The first-order valence-corrected chi connectivity index (χ1v) is 6.66. The third kappa shape index (κ3) is 2.80. The molecule has 1 heterocycles. The predicted molar refractivity (Wildman–Crippen MR) is 66.2 cm³/mol. The molecule has 1 saturated carbocycles. The van der Waals surface area contributed by atoms with Gasteiger partial charge in [0, 0.05) is 10.9 Å². The number of carbonyl (C=O) groups excluding carboxylic acids is 1. The number of hydrogen-bond acceptors (Lipinski definition) is 2. The highest BCUT2D eigenvalue weighted by molar-refractivity contribution is 9.09. The van der Waals surface area contributed by atoms with E-state index in [1.54, 1.807) is 12.1 Å². The largest absolute Gasteiger partial charge is 0.440 e. The molecule has 0 radical (unpaired) electrons. The van der Waals surface area contributed by atoms with Crippen LogP contribution in [0.25, 0.3) is 0 Å². The minimum atomic E-state index is -0.191. The van der Waals surface area contributed by atoms with Crippen molar-refractivity contribution in [2.24, 2.45) is 0 Å². The van der Waals surface area contributed by atoms with Crippen molar-refractivity contribution < 1.29 is 9.21 Å². The molecule has 0 saturated heterocycles. The van der Waals surface area contributed by atoms with Crippen LogP contribution in [-0.2, 0) is 0 Å². The minimum Gasteiger partial charge on any atom is -0.440 e. The Bertz CT molecular complexity index is 380. The Morgan fingerprint density at radius 2 is 2.19 bits per heavy atom. The number of furan rings is 1. The van der Waals surface area contributed by atoms with E-state index in [9.17, 15) is 4.79 Å². The zero-order valence-corrected chi connectivity index (χ0v) is 11.1. The topological polar surface area (TPSA) is 42.2 Å². The van der Waals surface area contributed by atoms with Gasteiger partial charge in [-0.25, -0.2) is 0 Å². The number of alkyl halides is 1. The normalized spacial score (nSPS) is 25.4. The number of rotatable bonds is 2. The third-order valence-electron chi connectivity index (χ3n) is 2.80. The zero-order chi connectivity index (χ0) is 11.5. The van der Waals surface area contributed by atoms with Crippen LogP contribution in [0.4, 0.5) is 0 Å². The van der Waals surface area contributed by atoms with Crippen LogP contribution in [0.1, 0.15) is 36.2 Å². The lowest BCUT2D eigenvalue weighted by Gasteiger charge is -2.27. The van der Waals surface area contributed by atoms with Crippen LogP contribution in [0.2, 0.25) is 5.22 Å². The summed E-state index contributed by atoms with van der Waals surface area (Å²) in [5.74, 6) is 0.0820. The molecule has 1 aromatic heterocycles. The van der Waals surface area contributed by atoms with Crippen molar-refractivity contribution >= 4 is 33.4 Å². The molecule has 88 valence electrons. The predicted octanol–water partition coefficient (Wildman–Crippen LogP) is 3.37. The molecule has 0 bridgehead atoms. The van der Waals surface area contributed by atoms with Crippen molar-refractivity contribution in [2.75, 3.05) is 0 Å². The SMILES string of the molecule is O=C(NC1CCCCC1Br)c1ccc(Cl)o1. The van der Waals surface area contributed by atoms with E-state index < -0.39 is 0 Å². The van der Waals surface area contributed by atoms with Crippen LogP contribution >= 0.6 is 27.5 Å². The van der Waals surface area contributed by atoms with Crippen molar-refractivity contribution in [3.8, 4) is 0 Å². The van der Waals surface area contributed by atoms with Gasteiger partial charge in [0.05, 0.1) is 0 Å². The number of amides is 1. The van der Waals surface area contributed by atoms with E-state index in [2.05, 4.69) is 21.2 Å². The van der Waals surface area contributed by atoms with Gasteiger partial charge in [-0.3, -0.25) is 4.79 Å². The highest BCUT2D eigenvalue weighted by Crippen LogP contribution is 2.25. The van der Waals surface area contributed by atoms with Gasteiger partial charge in [0.15, 0.2) is 11.0 Å². The second kappa shape index (κ2) is 5.23. The Balaban J connectivity index is 1.96. The molecule has 1 aromatic rings. The van der Waals surface area contributed by atoms with Crippen LogP contribution in [0.3, 0.4) is 0 Å². The lowest BCUT2D eigenvalue weighted by Crippen LogP contribution is -2.42. The summed E-state index contributed by atoms with van der Waals surface area (Å²) in [6.07, 6.45) is 4.49.